The lowest BCUT2D eigenvalue weighted by Gasteiger charge is -2.20. The zero-order valence-corrected chi connectivity index (χ0v) is 15.1. The van der Waals surface area contributed by atoms with Gasteiger partial charge in [0.1, 0.15) is 0 Å². The molecule has 0 aliphatic carbocycles. The summed E-state index contributed by atoms with van der Waals surface area (Å²) in [6.45, 7) is 3.94. The monoisotopic (exact) mass is 354 g/mol. The molecule has 0 spiro atoms. The summed E-state index contributed by atoms with van der Waals surface area (Å²) in [5.41, 5.74) is 2.14. The Kier molecular flexibility index (Phi) is 5.85. The number of benzene rings is 1. The molecule has 1 N–H and O–H groups in total. The predicted molar refractivity (Wildman–Crippen MR) is 101 cm³/mol. The van der Waals surface area contributed by atoms with E-state index in [1.54, 1.807) is 11.3 Å². The lowest BCUT2D eigenvalue weighted by Crippen LogP contribution is -2.40. The predicted octanol–water partition coefficient (Wildman–Crippen LogP) is 3.71. The van der Waals surface area contributed by atoms with Crippen LogP contribution in [0, 0.1) is 0 Å². The molecular weight excluding hydrogens is 332 g/mol. The molecule has 2 amide bonds. The van der Waals surface area contributed by atoms with Crippen LogP contribution in [0.4, 0.5) is 4.79 Å². The van der Waals surface area contributed by atoms with Crippen molar-refractivity contribution in [3.05, 3.63) is 70.7 Å². The molecule has 0 saturated heterocycles. The molecule has 0 aliphatic rings. The molecule has 0 bridgehead atoms. The molecule has 1 aromatic carbocycles. The first-order valence-corrected chi connectivity index (χ1v) is 9.28. The van der Waals surface area contributed by atoms with Gasteiger partial charge in [0.05, 0.1) is 18.4 Å². The van der Waals surface area contributed by atoms with Gasteiger partial charge >= 0.3 is 6.03 Å². The van der Waals surface area contributed by atoms with E-state index in [0.29, 0.717) is 19.6 Å². The van der Waals surface area contributed by atoms with Gasteiger partial charge in [-0.05, 0) is 42.5 Å². The van der Waals surface area contributed by atoms with Crippen molar-refractivity contribution in [2.75, 3.05) is 13.1 Å². The maximum Gasteiger partial charge on any atom is 0.317 e. The van der Waals surface area contributed by atoms with Crippen LogP contribution in [0.2, 0.25) is 0 Å². The Hall–Kier alpha value is -2.60. The Morgan fingerprint density at radius 3 is 2.80 bits per heavy atom. The van der Waals surface area contributed by atoms with E-state index in [4.69, 9.17) is 0 Å². The van der Waals surface area contributed by atoms with Gasteiger partial charge < -0.3 is 10.2 Å². The molecule has 0 saturated carbocycles. The number of carbonyl (C=O) groups excluding carboxylic acids is 1. The minimum atomic E-state index is -0.0219. The summed E-state index contributed by atoms with van der Waals surface area (Å²) in [6, 6.07) is 14.0. The third-order valence-electron chi connectivity index (χ3n) is 3.94. The third-order valence-corrected chi connectivity index (χ3v) is 4.80. The van der Waals surface area contributed by atoms with Crippen LogP contribution in [-0.2, 0) is 13.0 Å². The van der Waals surface area contributed by atoms with Crippen molar-refractivity contribution in [1.29, 1.82) is 0 Å². The molecular formula is C19H22N4OS. The lowest BCUT2D eigenvalue weighted by atomic mass is 10.2. The number of amides is 2. The lowest BCUT2D eigenvalue weighted by molar-refractivity contribution is 0.199. The first kappa shape index (κ1) is 17.2. The summed E-state index contributed by atoms with van der Waals surface area (Å²) >= 11 is 1.67. The van der Waals surface area contributed by atoms with Gasteiger partial charge in [-0.1, -0.05) is 24.3 Å². The smallest absolute Gasteiger partial charge is 0.317 e. The number of urea groups is 1. The number of nitrogens with one attached hydrogen (secondary N) is 1. The first-order chi connectivity index (χ1) is 12.3. The van der Waals surface area contributed by atoms with Crippen LogP contribution in [0.3, 0.4) is 0 Å². The molecule has 0 radical (unpaired) electrons. The van der Waals surface area contributed by atoms with Gasteiger partial charge in [0.25, 0.3) is 0 Å². The topological polar surface area (TPSA) is 50.2 Å². The Morgan fingerprint density at radius 1 is 1.24 bits per heavy atom. The molecule has 5 nitrogen and oxygen atoms in total. The van der Waals surface area contributed by atoms with E-state index < -0.39 is 0 Å². The third kappa shape index (κ3) is 4.70. The average Bonchev–Trinajstić information content (AvgIpc) is 3.32. The molecule has 0 fully saturated rings. The number of hydrogen-bond acceptors (Lipinski definition) is 3. The zero-order chi connectivity index (χ0) is 17.5. The number of para-hydroxylation sites is 1. The van der Waals surface area contributed by atoms with Crippen molar-refractivity contribution in [2.45, 2.75) is 19.9 Å². The van der Waals surface area contributed by atoms with Crippen LogP contribution in [0.5, 0.6) is 0 Å². The molecule has 25 heavy (non-hydrogen) atoms. The van der Waals surface area contributed by atoms with Gasteiger partial charge in [0.2, 0.25) is 0 Å². The number of thiophene rings is 1. The van der Waals surface area contributed by atoms with E-state index >= 15 is 0 Å². The van der Waals surface area contributed by atoms with Gasteiger partial charge in [-0.15, -0.1) is 11.3 Å². The Bertz CT molecular complexity index is 783. The molecule has 0 unspecified atom stereocenters. The molecule has 0 atom stereocenters. The van der Waals surface area contributed by atoms with Crippen LogP contribution in [0.1, 0.15) is 17.4 Å². The van der Waals surface area contributed by atoms with Crippen LogP contribution in [-0.4, -0.2) is 33.8 Å². The van der Waals surface area contributed by atoms with Gasteiger partial charge in [0, 0.05) is 24.2 Å². The number of carbonyl (C=O) groups is 1. The number of aromatic nitrogens is 2. The van der Waals surface area contributed by atoms with E-state index in [0.717, 1.165) is 17.7 Å². The van der Waals surface area contributed by atoms with Crippen molar-refractivity contribution in [3.63, 3.8) is 0 Å². The minimum absolute atomic E-state index is 0.0219. The Labute approximate surface area is 151 Å². The van der Waals surface area contributed by atoms with Gasteiger partial charge in [-0.2, -0.15) is 5.10 Å². The zero-order valence-electron chi connectivity index (χ0n) is 14.3. The summed E-state index contributed by atoms with van der Waals surface area (Å²) in [4.78, 5) is 15.3. The summed E-state index contributed by atoms with van der Waals surface area (Å²) in [6.07, 6.45) is 4.61. The van der Waals surface area contributed by atoms with Gasteiger partial charge in [0.15, 0.2) is 0 Å². The fourth-order valence-electron chi connectivity index (χ4n) is 2.55. The molecule has 130 valence electrons. The summed E-state index contributed by atoms with van der Waals surface area (Å²) < 4.78 is 1.85. The number of rotatable bonds is 7. The Balaban J connectivity index is 1.49. The fraction of sp³-hybridized carbons (Fsp3) is 0.263. The maximum absolute atomic E-state index is 12.3. The van der Waals surface area contributed by atoms with Gasteiger partial charge in [-0.3, -0.25) is 0 Å². The number of nitrogens with zero attached hydrogens (tertiary/aromatic N) is 3. The van der Waals surface area contributed by atoms with Crippen molar-refractivity contribution in [2.24, 2.45) is 0 Å². The minimum Gasteiger partial charge on any atom is -0.338 e. The van der Waals surface area contributed by atoms with Crippen LogP contribution in [0.25, 0.3) is 5.69 Å². The van der Waals surface area contributed by atoms with E-state index in [1.165, 1.54) is 4.88 Å². The molecule has 2 aromatic heterocycles. The van der Waals surface area contributed by atoms with Crippen molar-refractivity contribution in [1.82, 2.24) is 20.0 Å². The second-order valence-corrected chi connectivity index (χ2v) is 6.74. The average molecular weight is 354 g/mol. The number of hydrogen-bond donors (Lipinski definition) is 1. The largest absolute Gasteiger partial charge is 0.338 e. The summed E-state index contributed by atoms with van der Waals surface area (Å²) in [7, 11) is 0. The van der Waals surface area contributed by atoms with Crippen LogP contribution >= 0.6 is 11.3 Å². The molecule has 0 aliphatic heterocycles. The van der Waals surface area contributed by atoms with E-state index in [2.05, 4.69) is 16.5 Å². The van der Waals surface area contributed by atoms with Crippen molar-refractivity contribution >= 4 is 17.4 Å². The van der Waals surface area contributed by atoms with Crippen LogP contribution in [0.15, 0.2) is 60.2 Å². The highest BCUT2D eigenvalue weighted by atomic mass is 32.1. The van der Waals surface area contributed by atoms with E-state index in [9.17, 15) is 4.79 Å². The highest BCUT2D eigenvalue weighted by molar-refractivity contribution is 7.09. The molecule has 2 heterocycles. The highest BCUT2D eigenvalue weighted by Gasteiger charge is 2.12. The normalized spacial score (nSPS) is 10.6. The van der Waals surface area contributed by atoms with Crippen LogP contribution < -0.4 is 5.32 Å². The molecule has 3 aromatic rings. The molecule has 6 heteroatoms. The summed E-state index contributed by atoms with van der Waals surface area (Å²) in [5, 5.41) is 9.41. The van der Waals surface area contributed by atoms with Crippen molar-refractivity contribution < 1.29 is 4.79 Å². The van der Waals surface area contributed by atoms with Gasteiger partial charge in [-0.25, -0.2) is 9.48 Å². The van der Waals surface area contributed by atoms with E-state index in [-0.39, 0.29) is 6.03 Å². The Morgan fingerprint density at radius 2 is 2.08 bits per heavy atom. The first-order valence-electron chi connectivity index (χ1n) is 8.40. The van der Waals surface area contributed by atoms with E-state index in [1.807, 2.05) is 70.7 Å². The highest BCUT2D eigenvalue weighted by Crippen LogP contribution is 2.12. The second-order valence-electron chi connectivity index (χ2n) is 5.70. The SMILES string of the molecule is CCN(Cc1cccs1)C(=O)NCCc1cnn(-c2ccccc2)c1. The second kappa shape index (κ2) is 8.48. The molecule has 3 rings (SSSR count). The van der Waals surface area contributed by atoms with Crippen molar-refractivity contribution in [3.8, 4) is 5.69 Å². The fourth-order valence-corrected chi connectivity index (χ4v) is 3.27. The quantitative estimate of drug-likeness (QED) is 0.703. The summed E-state index contributed by atoms with van der Waals surface area (Å²) in [5.74, 6) is 0. The maximum atomic E-state index is 12.3. The standard InChI is InChI=1S/C19H22N4OS/c1-2-22(15-18-9-6-12-25-18)19(24)20-11-10-16-13-21-23(14-16)17-7-4-3-5-8-17/h3-9,12-14H,2,10-11,15H2,1H3,(H,20,24).